The van der Waals surface area contributed by atoms with Crippen molar-refractivity contribution in [2.45, 2.75) is 65.0 Å². The number of nitrogens with zero attached hydrogens (tertiary/aromatic N) is 2. The number of aromatic nitrogens is 1. The molecule has 0 bridgehead atoms. The average molecular weight is 485 g/mol. The Hall–Kier alpha value is -2.53. The highest BCUT2D eigenvalue weighted by atomic mass is 32.2. The molecule has 0 saturated heterocycles. The number of aryl methyl sites for hydroxylation is 2. The summed E-state index contributed by atoms with van der Waals surface area (Å²) in [4.78, 5) is 17.4. The topological polar surface area (TPSA) is 68.7 Å². The number of rotatable bonds is 7. The lowest BCUT2D eigenvalue weighted by atomic mass is 9.81. The Morgan fingerprint density at radius 2 is 2.06 bits per heavy atom. The zero-order valence-corrected chi connectivity index (χ0v) is 21.9. The summed E-state index contributed by atoms with van der Waals surface area (Å²) < 4.78 is 26.2. The number of methoxy groups -OCH3 is 1. The third kappa shape index (κ3) is 6.32. The molecule has 6 nitrogen and oxygen atoms in total. The van der Waals surface area contributed by atoms with Gasteiger partial charge in [-0.2, -0.15) is 0 Å². The maximum Gasteiger partial charge on any atom is 0.314 e. The minimum Gasteiger partial charge on any atom is -0.469 e. The minimum atomic E-state index is -1.29. The molecular weight excluding hydrogens is 448 g/mol. The number of pyridine rings is 1. The van der Waals surface area contributed by atoms with Crippen LogP contribution in [0.3, 0.4) is 0 Å². The highest BCUT2D eigenvalue weighted by Gasteiger charge is 2.40. The Bertz CT molecular complexity index is 1050. The van der Waals surface area contributed by atoms with E-state index in [0.29, 0.717) is 6.54 Å². The van der Waals surface area contributed by atoms with Crippen LogP contribution < -0.4 is 0 Å². The van der Waals surface area contributed by atoms with Crippen LogP contribution in [0.25, 0.3) is 0 Å². The lowest BCUT2D eigenvalue weighted by Crippen LogP contribution is -2.34. The van der Waals surface area contributed by atoms with Gasteiger partial charge in [0.05, 0.1) is 23.5 Å². The molecular formula is C27H36N2O4S. The first-order chi connectivity index (χ1) is 16.3. The maximum absolute atomic E-state index is 13.3. The van der Waals surface area contributed by atoms with Gasteiger partial charge in [-0.25, -0.2) is 8.51 Å². The van der Waals surface area contributed by atoms with Crippen LogP contribution in [0.5, 0.6) is 0 Å². The second kappa shape index (κ2) is 12.8. The lowest BCUT2D eigenvalue weighted by Gasteiger charge is -2.32. The number of carbonyl (C=O) groups is 1. The molecule has 1 aromatic heterocycles. The van der Waals surface area contributed by atoms with E-state index in [2.05, 4.69) is 10.9 Å². The van der Waals surface area contributed by atoms with Gasteiger partial charge in [0.15, 0.2) is 0 Å². The van der Waals surface area contributed by atoms with E-state index in [1.54, 1.807) is 26.2 Å². The van der Waals surface area contributed by atoms with E-state index in [4.69, 9.17) is 15.9 Å². The average Bonchev–Trinajstić information content (AvgIpc) is 3.00. The Morgan fingerprint density at radius 3 is 2.74 bits per heavy atom. The van der Waals surface area contributed by atoms with Gasteiger partial charge in [0, 0.05) is 25.5 Å². The van der Waals surface area contributed by atoms with Gasteiger partial charge in [0.25, 0.3) is 0 Å². The summed E-state index contributed by atoms with van der Waals surface area (Å²) in [5.74, 6) is 2.11. The highest BCUT2D eigenvalue weighted by molar-refractivity contribution is 7.82. The largest absolute Gasteiger partial charge is 0.469 e. The van der Waals surface area contributed by atoms with Crippen molar-refractivity contribution in [3.8, 4) is 12.3 Å². The second-order valence-electron chi connectivity index (χ2n) is 8.49. The van der Waals surface area contributed by atoms with Crippen LogP contribution in [0.15, 0.2) is 41.6 Å². The van der Waals surface area contributed by atoms with Crippen LogP contribution in [-0.4, -0.2) is 39.7 Å². The smallest absolute Gasteiger partial charge is 0.314 e. The van der Waals surface area contributed by atoms with Gasteiger partial charge < -0.3 is 9.47 Å². The fourth-order valence-electron chi connectivity index (χ4n) is 4.02. The van der Waals surface area contributed by atoms with Gasteiger partial charge in [-0.3, -0.25) is 9.78 Å². The molecule has 7 heteroatoms. The molecule has 0 N–H and O–H groups in total. The number of benzene rings is 1. The maximum atomic E-state index is 13.3. The molecule has 2 heterocycles. The number of terminal acetylenes is 1. The lowest BCUT2D eigenvalue weighted by molar-refractivity contribution is -0.160. The van der Waals surface area contributed by atoms with Gasteiger partial charge in [-0.15, -0.1) is 6.42 Å². The predicted molar refractivity (Wildman–Crippen MR) is 135 cm³/mol. The van der Waals surface area contributed by atoms with Gasteiger partial charge in [0.2, 0.25) is 0 Å². The van der Waals surface area contributed by atoms with E-state index in [0.717, 1.165) is 46.5 Å². The standard InChI is InChI=1S/C25H30N2O4S.C2H6/c1-6-14-31-23(25(3,4)24(28)30-5)20-10-9-18(2)21(15-20)17-27-13-7-8-19-11-12-26-16-22(19)32(27)29;1-2/h1,9-12,15-16,23H,7-8,13-14,17H2,2-5H3;1-2H3/t23-,32?;/m0./s1. The molecule has 1 unspecified atom stereocenters. The zero-order chi connectivity index (χ0) is 25.3. The van der Waals surface area contributed by atoms with Crippen LogP contribution in [0.2, 0.25) is 0 Å². The van der Waals surface area contributed by atoms with Crippen molar-refractivity contribution < 1.29 is 18.5 Å². The van der Waals surface area contributed by atoms with Crippen molar-refractivity contribution >= 4 is 17.0 Å². The first-order valence-corrected chi connectivity index (χ1v) is 12.7. The predicted octanol–water partition coefficient (Wildman–Crippen LogP) is 4.78. The van der Waals surface area contributed by atoms with E-state index in [-0.39, 0.29) is 12.6 Å². The first-order valence-electron chi connectivity index (χ1n) is 11.6. The zero-order valence-electron chi connectivity index (χ0n) is 21.1. The third-order valence-electron chi connectivity index (χ3n) is 5.87. The van der Waals surface area contributed by atoms with Gasteiger partial charge >= 0.3 is 5.97 Å². The fourth-order valence-corrected chi connectivity index (χ4v) is 5.39. The number of hydrogen-bond donors (Lipinski definition) is 0. The quantitative estimate of drug-likeness (QED) is 0.418. The third-order valence-corrected chi connectivity index (χ3v) is 7.39. The molecule has 0 spiro atoms. The van der Waals surface area contributed by atoms with Crippen molar-refractivity contribution in [2.24, 2.45) is 5.41 Å². The van der Waals surface area contributed by atoms with Crippen molar-refractivity contribution in [3.63, 3.8) is 0 Å². The molecule has 0 fully saturated rings. The summed E-state index contributed by atoms with van der Waals surface area (Å²) in [6.07, 6.45) is 10.1. The Labute approximate surface area is 206 Å². The fraction of sp³-hybridized carbons (Fsp3) is 0.481. The monoisotopic (exact) mass is 484 g/mol. The highest BCUT2D eigenvalue weighted by Crippen LogP contribution is 2.38. The molecule has 2 aromatic rings. The molecule has 1 aliphatic rings. The van der Waals surface area contributed by atoms with Crippen LogP contribution in [0.4, 0.5) is 0 Å². The molecule has 3 rings (SSSR count). The van der Waals surface area contributed by atoms with Gasteiger partial charge in [-0.1, -0.05) is 38.0 Å². The van der Waals surface area contributed by atoms with Gasteiger partial charge in [0.1, 0.15) is 17.6 Å². The summed E-state index contributed by atoms with van der Waals surface area (Å²) in [5, 5.41) is 0. The molecule has 0 saturated carbocycles. The molecule has 34 heavy (non-hydrogen) atoms. The first kappa shape index (κ1) is 27.7. The second-order valence-corrected chi connectivity index (χ2v) is 9.95. The number of esters is 1. The van der Waals surface area contributed by atoms with Crippen LogP contribution in [-0.2, 0) is 38.2 Å². The van der Waals surface area contributed by atoms with E-state index in [1.807, 2.05) is 49.3 Å². The Balaban J connectivity index is 0.00000199. The van der Waals surface area contributed by atoms with E-state index in [1.165, 1.54) is 7.11 Å². The van der Waals surface area contributed by atoms with E-state index in [9.17, 15) is 9.00 Å². The van der Waals surface area contributed by atoms with Crippen molar-refractivity contribution in [3.05, 3.63) is 58.9 Å². The molecule has 1 aliphatic heterocycles. The molecule has 184 valence electrons. The SMILES string of the molecule is C#CCO[C@@H](c1ccc(C)c(CN2CCCc3ccncc3S2=O)c1)C(C)(C)C(=O)OC.CC. The van der Waals surface area contributed by atoms with Crippen LogP contribution in [0.1, 0.15) is 62.5 Å². The minimum absolute atomic E-state index is 0.0776. The molecule has 0 aliphatic carbocycles. The summed E-state index contributed by atoms with van der Waals surface area (Å²) in [7, 11) is 0.0772. The van der Waals surface area contributed by atoms with Crippen molar-refractivity contribution in [2.75, 3.05) is 20.3 Å². The van der Waals surface area contributed by atoms with E-state index < -0.39 is 22.5 Å². The summed E-state index contributed by atoms with van der Waals surface area (Å²) in [6.45, 7) is 10.9. The van der Waals surface area contributed by atoms with Crippen molar-refractivity contribution in [1.29, 1.82) is 0 Å². The Morgan fingerprint density at radius 1 is 1.32 bits per heavy atom. The molecule has 0 radical (unpaired) electrons. The number of hydrogen-bond acceptors (Lipinski definition) is 5. The van der Waals surface area contributed by atoms with Crippen LogP contribution >= 0.6 is 0 Å². The van der Waals surface area contributed by atoms with E-state index >= 15 is 0 Å². The molecule has 1 aromatic carbocycles. The number of ether oxygens (including phenoxy) is 2. The normalized spacial score (nSPS) is 16.8. The summed E-state index contributed by atoms with van der Waals surface area (Å²) >= 11 is 0. The number of fused-ring (bicyclic) bond motifs is 1. The van der Waals surface area contributed by atoms with Gasteiger partial charge in [-0.05, 0) is 61.9 Å². The number of carbonyl (C=O) groups excluding carboxylic acids is 1. The van der Waals surface area contributed by atoms with Crippen LogP contribution in [0, 0.1) is 24.7 Å². The summed E-state index contributed by atoms with van der Waals surface area (Å²) in [5.41, 5.74) is 3.09. The Kier molecular flexibility index (Phi) is 10.4. The summed E-state index contributed by atoms with van der Waals surface area (Å²) in [6, 6.07) is 7.92. The molecule has 2 atom stereocenters. The molecule has 0 amide bonds. The van der Waals surface area contributed by atoms with Crippen molar-refractivity contribution in [1.82, 2.24) is 9.29 Å².